The number of hydrogen-bond acceptors (Lipinski definition) is 5. The molecule has 1 aliphatic heterocycles. The fourth-order valence-electron chi connectivity index (χ4n) is 4.29. The highest BCUT2D eigenvalue weighted by molar-refractivity contribution is 6.46. The van der Waals surface area contributed by atoms with E-state index in [1.807, 2.05) is 77.9 Å². The van der Waals surface area contributed by atoms with E-state index in [2.05, 4.69) is 0 Å². The zero-order valence-corrected chi connectivity index (χ0v) is 20.9. The molecule has 1 saturated heterocycles. The summed E-state index contributed by atoms with van der Waals surface area (Å²) in [5, 5.41) is 11.3. The molecule has 1 amide bonds. The van der Waals surface area contributed by atoms with Crippen LogP contribution in [0.5, 0.6) is 11.5 Å². The Morgan fingerprint density at radius 2 is 1.71 bits per heavy atom. The van der Waals surface area contributed by atoms with Crippen molar-refractivity contribution in [3.05, 3.63) is 64.7 Å². The zero-order chi connectivity index (χ0) is 25.0. The summed E-state index contributed by atoms with van der Waals surface area (Å²) in [5.41, 5.74) is 2.28. The smallest absolute Gasteiger partial charge is 0.295 e. The van der Waals surface area contributed by atoms with E-state index in [4.69, 9.17) is 9.47 Å². The minimum atomic E-state index is -0.668. The normalized spacial score (nSPS) is 17.6. The monoisotopic (exact) mass is 465 g/mol. The number of ketones is 1. The third kappa shape index (κ3) is 5.11. The van der Waals surface area contributed by atoms with Gasteiger partial charge in [0, 0.05) is 12.1 Å². The maximum absolute atomic E-state index is 13.1. The molecule has 0 radical (unpaired) electrons. The van der Waals surface area contributed by atoms with Crippen molar-refractivity contribution in [3.63, 3.8) is 0 Å². The number of amides is 1. The van der Waals surface area contributed by atoms with Gasteiger partial charge in [-0.1, -0.05) is 32.9 Å². The maximum atomic E-state index is 13.1. The summed E-state index contributed by atoms with van der Waals surface area (Å²) in [6.45, 7) is 12.8. The Morgan fingerprint density at radius 1 is 1.03 bits per heavy atom. The molecule has 182 valence electrons. The maximum Gasteiger partial charge on any atom is 0.295 e. The first-order valence-electron chi connectivity index (χ1n) is 12.0. The van der Waals surface area contributed by atoms with Gasteiger partial charge in [0.25, 0.3) is 11.7 Å². The van der Waals surface area contributed by atoms with Gasteiger partial charge in [-0.2, -0.15) is 0 Å². The molecule has 1 fully saturated rings. The van der Waals surface area contributed by atoms with E-state index in [-0.39, 0.29) is 23.4 Å². The first-order valence-corrected chi connectivity index (χ1v) is 12.0. The van der Waals surface area contributed by atoms with Crippen molar-refractivity contribution in [2.45, 2.75) is 66.0 Å². The van der Waals surface area contributed by atoms with Crippen LogP contribution in [0.1, 0.15) is 76.6 Å². The van der Waals surface area contributed by atoms with E-state index in [9.17, 15) is 14.7 Å². The van der Waals surface area contributed by atoms with Crippen molar-refractivity contribution in [1.82, 2.24) is 4.90 Å². The summed E-state index contributed by atoms with van der Waals surface area (Å²) in [6.07, 6.45) is 0.727. The Morgan fingerprint density at radius 3 is 2.26 bits per heavy atom. The van der Waals surface area contributed by atoms with E-state index >= 15 is 0 Å². The molecule has 3 rings (SSSR count). The summed E-state index contributed by atoms with van der Waals surface area (Å²) < 4.78 is 11.5. The SMILES string of the molecule is CCCN1C(=O)C(=O)/C(=C(\O)c2ccc(OCC)c(C(C)C)c2)C1c1ccc(OC(C)C)cc1. The van der Waals surface area contributed by atoms with Crippen LogP contribution in [0.4, 0.5) is 0 Å². The number of carbonyl (C=O) groups excluding carboxylic acids is 2. The van der Waals surface area contributed by atoms with Gasteiger partial charge in [0.1, 0.15) is 17.3 Å². The van der Waals surface area contributed by atoms with E-state index in [1.54, 1.807) is 11.0 Å². The number of ether oxygens (including phenoxy) is 2. The number of aliphatic hydroxyl groups excluding tert-OH is 1. The number of nitrogens with zero attached hydrogens (tertiary/aromatic N) is 1. The fourth-order valence-corrected chi connectivity index (χ4v) is 4.29. The molecule has 0 saturated carbocycles. The molecule has 1 heterocycles. The van der Waals surface area contributed by atoms with Crippen LogP contribution in [-0.2, 0) is 9.59 Å². The standard InChI is InChI=1S/C28H35NO5/c1-7-15-29-25(19-9-12-21(13-10-19)34-18(5)6)24(27(31)28(29)32)26(30)20-11-14-23(33-8-2)22(16-20)17(3)4/h9-14,16-18,25,30H,7-8,15H2,1-6H3/b26-24-. The molecular weight excluding hydrogens is 430 g/mol. The molecule has 6 heteroatoms. The van der Waals surface area contributed by atoms with E-state index < -0.39 is 17.7 Å². The number of likely N-dealkylation sites (tertiary alicyclic amines) is 1. The predicted octanol–water partition coefficient (Wildman–Crippen LogP) is 5.83. The lowest BCUT2D eigenvalue weighted by Crippen LogP contribution is -2.30. The van der Waals surface area contributed by atoms with E-state index in [0.29, 0.717) is 30.9 Å². The molecule has 0 spiro atoms. The van der Waals surface area contributed by atoms with Gasteiger partial charge in [-0.3, -0.25) is 9.59 Å². The number of Topliss-reactive ketones (excluding diaryl/α,β-unsaturated/α-hetero) is 1. The van der Waals surface area contributed by atoms with Crippen LogP contribution in [0.2, 0.25) is 0 Å². The predicted molar refractivity (Wildman–Crippen MR) is 133 cm³/mol. The van der Waals surface area contributed by atoms with Crippen LogP contribution in [0.15, 0.2) is 48.0 Å². The highest BCUT2D eigenvalue weighted by Gasteiger charge is 2.45. The second-order valence-corrected chi connectivity index (χ2v) is 9.07. The lowest BCUT2D eigenvalue weighted by atomic mass is 9.93. The Hall–Kier alpha value is -3.28. The largest absolute Gasteiger partial charge is 0.507 e. The van der Waals surface area contributed by atoms with Gasteiger partial charge in [0.2, 0.25) is 0 Å². The highest BCUT2D eigenvalue weighted by atomic mass is 16.5. The van der Waals surface area contributed by atoms with Gasteiger partial charge in [-0.25, -0.2) is 0 Å². The van der Waals surface area contributed by atoms with E-state index in [1.165, 1.54) is 0 Å². The van der Waals surface area contributed by atoms with Gasteiger partial charge in [-0.15, -0.1) is 0 Å². The molecule has 6 nitrogen and oxygen atoms in total. The number of benzene rings is 2. The van der Waals surface area contributed by atoms with Crippen LogP contribution in [0, 0.1) is 0 Å². The van der Waals surface area contributed by atoms with Gasteiger partial charge in [0.05, 0.1) is 24.3 Å². The molecule has 0 bridgehead atoms. The van der Waals surface area contributed by atoms with Gasteiger partial charge >= 0.3 is 0 Å². The number of hydrogen-bond donors (Lipinski definition) is 1. The molecule has 1 atom stereocenters. The molecular formula is C28H35NO5. The van der Waals surface area contributed by atoms with Crippen LogP contribution in [-0.4, -0.2) is 41.0 Å². The molecule has 1 aliphatic rings. The molecule has 34 heavy (non-hydrogen) atoms. The Labute approximate surface area is 202 Å². The highest BCUT2D eigenvalue weighted by Crippen LogP contribution is 2.41. The quantitative estimate of drug-likeness (QED) is 0.287. The summed E-state index contributed by atoms with van der Waals surface area (Å²) in [4.78, 5) is 27.6. The molecule has 0 aliphatic carbocycles. The number of rotatable bonds is 9. The second-order valence-electron chi connectivity index (χ2n) is 9.07. The van der Waals surface area contributed by atoms with E-state index in [0.717, 1.165) is 16.9 Å². The van der Waals surface area contributed by atoms with Crippen molar-refractivity contribution in [3.8, 4) is 11.5 Å². The van der Waals surface area contributed by atoms with Crippen LogP contribution >= 0.6 is 0 Å². The summed E-state index contributed by atoms with van der Waals surface area (Å²) >= 11 is 0. The van der Waals surface area contributed by atoms with Crippen molar-refractivity contribution in [2.75, 3.05) is 13.2 Å². The number of carbonyl (C=O) groups is 2. The van der Waals surface area contributed by atoms with Crippen molar-refractivity contribution < 1.29 is 24.2 Å². The van der Waals surface area contributed by atoms with Gasteiger partial charge < -0.3 is 19.5 Å². The average molecular weight is 466 g/mol. The fraction of sp³-hybridized carbons (Fsp3) is 0.429. The number of aliphatic hydroxyl groups is 1. The first-order chi connectivity index (χ1) is 16.2. The molecule has 2 aromatic rings. The van der Waals surface area contributed by atoms with Crippen molar-refractivity contribution in [2.24, 2.45) is 0 Å². The molecule has 1 N–H and O–H groups in total. The van der Waals surface area contributed by atoms with Gasteiger partial charge in [-0.05, 0) is 74.6 Å². The third-order valence-electron chi connectivity index (χ3n) is 5.78. The molecule has 2 aromatic carbocycles. The average Bonchev–Trinajstić information content (AvgIpc) is 3.04. The summed E-state index contributed by atoms with van der Waals surface area (Å²) in [5.74, 6) is 0.178. The van der Waals surface area contributed by atoms with Gasteiger partial charge in [0.15, 0.2) is 0 Å². The molecule has 0 aromatic heterocycles. The Balaban J connectivity index is 2.13. The van der Waals surface area contributed by atoms with Crippen LogP contribution in [0.3, 0.4) is 0 Å². The zero-order valence-electron chi connectivity index (χ0n) is 20.9. The van der Waals surface area contributed by atoms with Crippen molar-refractivity contribution >= 4 is 17.4 Å². The lowest BCUT2D eigenvalue weighted by molar-refractivity contribution is -0.139. The summed E-state index contributed by atoms with van der Waals surface area (Å²) in [7, 11) is 0. The minimum absolute atomic E-state index is 0.0337. The van der Waals surface area contributed by atoms with Crippen LogP contribution in [0.25, 0.3) is 5.76 Å². The molecule has 1 unspecified atom stereocenters. The topological polar surface area (TPSA) is 76.1 Å². The minimum Gasteiger partial charge on any atom is -0.507 e. The Kier molecular flexibility index (Phi) is 8.02. The Bertz CT molecular complexity index is 1070. The summed E-state index contributed by atoms with van der Waals surface area (Å²) in [6, 6.07) is 12.1. The van der Waals surface area contributed by atoms with Crippen molar-refractivity contribution in [1.29, 1.82) is 0 Å². The second kappa shape index (κ2) is 10.8. The van der Waals surface area contributed by atoms with Crippen LogP contribution < -0.4 is 9.47 Å². The first kappa shape index (κ1) is 25.3. The lowest BCUT2D eigenvalue weighted by Gasteiger charge is -2.25. The third-order valence-corrected chi connectivity index (χ3v) is 5.78.